The molecule has 4 heterocycles. The van der Waals surface area contributed by atoms with E-state index >= 15 is 0 Å². The zero-order valence-electron chi connectivity index (χ0n) is 12.4. The number of likely N-dealkylation sites (tertiary alicyclic amines) is 1. The molecule has 1 saturated heterocycles. The van der Waals surface area contributed by atoms with Gasteiger partial charge in [0.05, 0.1) is 24.4 Å². The minimum absolute atomic E-state index is 0.0900. The van der Waals surface area contributed by atoms with E-state index in [-0.39, 0.29) is 6.04 Å². The molecular formula is C15H16N6O2. The molecule has 118 valence electrons. The van der Waals surface area contributed by atoms with Crippen LogP contribution in [0.3, 0.4) is 0 Å². The third-order valence-corrected chi connectivity index (χ3v) is 4.01. The van der Waals surface area contributed by atoms with Gasteiger partial charge in [-0.15, -0.1) is 0 Å². The number of nitrogens with zero attached hydrogens (tertiary/aromatic N) is 5. The summed E-state index contributed by atoms with van der Waals surface area (Å²) in [7, 11) is 0. The molecule has 23 heavy (non-hydrogen) atoms. The summed E-state index contributed by atoms with van der Waals surface area (Å²) < 4.78 is 10.9. The lowest BCUT2D eigenvalue weighted by Crippen LogP contribution is -2.22. The van der Waals surface area contributed by atoms with Crippen molar-refractivity contribution in [2.45, 2.75) is 25.4 Å². The highest BCUT2D eigenvalue weighted by atomic mass is 16.5. The summed E-state index contributed by atoms with van der Waals surface area (Å²) in [6, 6.07) is 3.95. The van der Waals surface area contributed by atoms with E-state index < -0.39 is 0 Å². The Morgan fingerprint density at radius 3 is 3.17 bits per heavy atom. The lowest BCUT2D eigenvalue weighted by Gasteiger charge is -2.19. The van der Waals surface area contributed by atoms with Crippen LogP contribution in [-0.4, -0.2) is 31.6 Å². The summed E-state index contributed by atoms with van der Waals surface area (Å²) >= 11 is 0. The number of anilines is 1. The Bertz CT molecular complexity index is 785. The van der Waals surface area contributed by atoms with Crippen molar-refractivity contribution in [1.82, 2.24) is 25.0 Å². The maximum atomic E-state index is 5.84. The number of nitrogens with two attached hydrogens (primary N) is 1. The molecule has 0 aromatic carbocycles. The number of rotatable bonds is 4. The molecule has 0 bridgehead atoms. The fraction of sp³-hybridized carbons (Fsp3) is 0.333. The molecule has 1 aliphatic rings. The lowest BCUT2D eigenvalue weighted by molar-refractivity contribution is 0.188. The van der Waals surface area contributed by atoms with Gasteiger partial charge in [-0.25, -0.2) is 9.97 Å². The topological polar surface area (TPSA) is 107 Å². The zero-order chi connectivity index (χ0) is 15.6. The molecular weight excluding hydrogens is 296 g/mol. The van der Waals surface area contributed by atoms with E-state index in [9.17, 15) is 0 Å². The standard InChI is InChI=1S/C15H16N6O2/c16-13-11(7-17-9-18-13)14-19-15(23-20-14)12-4-1-5-21(12)8-10-3-2-6-22-10/h2-3,6-7,9,12H,1,4-5,8H2,(H2,16,17,18). The van der Waals surface area contributed by atoms with Crippen LogP contribution >= 0.6 is 0 Å². The monoisotopic (exact) mass is 312 g/mol. The van der Waals surface area contributed by atoms with Gasteiger partial charge in [0.25, 0.3) is 0 Å². The number of hydrogen-bond donors (Lipinski definition) is 1. The number of aromatic nitrogens is 4. The van der Waals surface area contributed by atoms with Crippen molar-refractivity contribution in [2.24, 2.45) is 0 Å². The first-order valence-electron chi connectivity index (χ1n) is 7.47. The van der Waals surface area contributed by atoms with Gasteiger partial charge < -0.3 is 14.7 Å². The number of nitrogen functional groups attached to an aromatic ring is 1. The lowest BCUT2D eigenvalue weighted by atomic mass is 10.2. The van der Waals surface area contributed by atoms with E-state index in [2.05, 4.69) is 25.0 Å². The summed E-state index contributed by atoms with van der Waals surface area (Å²) in [5.41, 5.74) is 6.42. The number of furan rings is 1. The van der Waals surface area contributed by atoms with Crippen LogP contribution in [0.5, 0.6) is 0 Å². The van der Waals surface area contributed by atoms with E-state index in [1.165, 1.54) is 6.33 Å². The van der Waals surface area contributed by atoms with E-state index in [1.807, 2.05) is 12.1 Å². The molecule has 0 radical (unpaired) electrons. The van der Waals surface area contributed by atoms with Crippen LogP contribution in [0.15, 0.2) is 39.9 Å². The molecule has 3 aromatic heterocycles. The molecule has 4 rings (SSSR count). The van der Waals surface area contributed by atoms with Crippen LogP contribution in [0.1, 0.15) is 30.5 Å². The minimum Gasteiger partial charge on any atom is -0.468 e. The molecule has 0 aliphatic carbocycles. The predicted molar refractivity (Wildman–Crippen MR) is 80.8 cm³/mol. The second kappa shape index (κ2) is 5.81. The van der Waals surface area contributed by atoms with Crippen molar-refractivity contribution in [2.75, 3.05) is 12.3 Å². The van der Waals surface area contributed by atoms with Gasteiger partial charge >= 0.3 is 0 Å². The van der Waals surface area contributed by atoms with Gasteiger partial charge in [-0.1, -0.05) is 5.16 Å². The first-order chi connectivity index (χ1) is 11.3. The molecule has 1 fully saturated rings. The van der Waals surface area contributed by atoms with Crippen LogP contribution in [-0.2, 0) is 6.54 Å². The smallest absolute Gasteiger partial charge is 0.244 e. The van der Waals surface area contributed by atoms with Crippen molar-refractivity contribution in [3.05, 3.63) is 42.6 Å². The highest BCUT2D eigenvalue weighted by Crippen LogP contribution is 2.33. The maximum absolute atomic E-state index is 5.84. The SMILES string of the molecule is Nc1ncncc1-c1noc(C2CCCN2Cc2ccco2)n1. The molecule has 0 spiro atoms. The van der Waals surface area contributed by atoms with Gasteiger partial charge in [0.1, 0.15) is 17.9 Å². The normalized spacial score (nSPS) is 18.5. The highest BCUT2D eigenvalue weighted by molar-refractivity contribution is 5.66. The average Bonchev–Trinajstić information content (AvgIpc) is 3.28. The molecule has 8 nitrogen and oxygen atoms in total. The summed E-state index contributed by atoms with van der Waals surface area (Å²) in [5.74, 6) is 2.28. The molecule has 0 amide bonds. The number of hydrogen-bond acceptors (Lipinski definition) is 8. The Balaban J connectivity index is 1.57. The maximum Gasteiger partial charge on any atom is 0.244 e. The third-order valence-electron chi connectivity index (χ3n) is 4.01. The molecule has 1 aliphatic heterocycles. The molecule has 2 N–H and O–H groups in total. The Labute approximate surface area is 132 Å². The fourth-order valence-electron chi connectivity index (χ4n) is 2.89. The molecule has 3 aromatic rings. The van der Waals surface area contributed by atoms with Gasteiger partial charge in [0.15, 0.2) is 0 Å². The molecule has 1 unspecified atom stereocenters. The van der Waals surface area contributed by atoms with Crippen molar-refractivity contribution < 1.29 is 8.94 Å². The summed E-state index contributed by atoms with van der Waals surface area (Å²) in [5, 5.41) is 4.03. The Morgan fingerprint density at radius 2 is 2.35 bits per heavy atom. The van der Waals surface area contributed by atoms with Gasteiger partial charge in [-0.05, 0) is 31.5 Å². The summed E-state index contributed by atoms with van der Waals surface area (Å²) in [6.45, 7) is 1.70. The van der Waals surface area contributed by atoms with Crippen molar-refractivity contribution >= 4 is 5.82 Å². The van der Waals surface area contributed by atoms with Crippen molar-refractivity contribution in [1.29, 1.82) is 0 Å². The highest BCUT2D eigenvalue weighted by Gasteiger charge is 2.31. The van der Waals surface area contributed by atoms with Crippen LogP contribution in [0, 0.1) is 0 Å². The van der Waals surface area contributed by atoms with Crippen LogP contribution in [0.4, 0.5) is 5.82 Å². The predicted octanol–water partition coefficient (Wildman–Crippen LogP) is 2.04. The molecule has 0 saturated carbocycles. The second-order valence-electron chi connectivity index (χ2n) is 5.49. The van der Waals surface area contributed by atoms with Crippen LogP contribution < -0.4 is 5.73 Å². The average molecular weight is 312 g/mol. The Hall–Kier alpha value is -2.74. The van der Waals surface area contributed by atoms with E-state index in [0.717, 1.165) is 31.7 Å². The largest absolute Gasteiger partial charge is 0.468 e. The zero-order valence-corrected chi connectivity index (χ0v) is 12.4. The van der Waals surface area contributed by atoms with Gasteiger partial charge in [0, 0.05) is 6.20 Å². The summed E-state index contributed by atoms with van der Waals surface area (Å²) in [6.07, 6.45) is 6.72. The van der Waals surface area contributed by atoms with Crippen LogP contribution in [0.25, 0.3) is 11.4 Å². The second-order valence-corrected chi connectivity index (χ2v) is 5.49. The fourth-order valence-corrected chi connectivity index (χ4v) is 2.89. The molecule has 8 heteroatoms. The van der Waals surface area contributed by atoms with E-state index in [0.29, 0.717) is 23.1 Å². The minimum atomic E-state index is 0.0900. The van der Waals surface area contributed by atoms with Gasteiger partial charge in [-0.2, -0.15) is 4.98 Å². The van der Waals surface area contributed by atoms with Crippen molar-refractivity contribution in [3.63, 3.8) is 0 Å². The van der Waals surface area contributed by atoms with Gasteiger partial charge in [-0.3, -0.25) is 4.90 Å². The Kier molecular flexibility index (Phi) is 3.51. The van der Waals surface area contributed by atoms with Crippen LogP contribution in [0.2, 0.25) is 0 Å². The first kappa shape index (κ1) is 13.9. The molecule has 1 atom stereocenters. The van der Waals surface area contributed by atoms with Crippen molar-refractivity contribution in [3.8, 4) is 11.4 Å². The van der Waals surface area contributed by atoms with E-state index in [4.69, 9.17) is 14.7 Å². The van der Waals surface area contributed by atoms with Gasteiger partial charge in [0.2, 0.25) is 11.7 Å². The van der Waals surface area contributed by atoms with E-state index in [1.54, 1.807) is 12.5 Å². The quantitative estimate of drug-likeness (QED) is 0.779. The summed E-state index contributed by atoms with van der Waals surface area (Å²) in [4.78, 5) is 14.7. The first-order valence-corrected chi connectivity index (χ1v) is 7.47. The third kappa shape index (κ3) is 2.68. The Morgan fingerprint density at radius 1 is 1.39 bits per heavy atom.